The number of carbonyl (C=O) groups excluding carboxylic acids is 3. The molecule has 1 aromatic rings. The summed E-state index contributed by atoms with van der Waals surface area (Å²) in [4.78, 5) is 42.2. The van der Waals surface area contributed by atoms with E-state index >= 15 is 0 Å². The molecule has 9 atom stereocenters. The van der Waals surface area contributed by atoms with Gasteiger partial charge in [0, 0.05) is 75.9 Å². The minimum absolute atomic E-state index is 0.0180. The van der Waals surface area contributed by atoms with E-state index in [-0.39, 0.29) is 30.1 Å². The highest BCUT2D eigenvalue weighted by molar-refractivity contribution is 5.76. The highest BCUT2D eigenvalue weighted by Gasteiger charge is 2.67. The van der Waals surface area contributed by atoms with E-state index in [0.29, 0.717) is 13.0 Å². The van der Waals surface area contributed by atoms with Gasteiger partial charge in [-0.2, -0.15) is 0 Å². The minimum atomic E-state index is -0.886. The Balaban J connectivity index is 1.40. The lowest BCUT2D eigenvalue weighted by Gasteiger charge is -2.44. The number of aliphatic hydroxyl groups is 1. The summed E-state index contributed by atoms with van der Waals surface area (Å²) in [5.74, 6) is -2.23. The Morgan fingerprint density at radius 3 is 2.34 bits per heavy atom. The Kier molecular flexibility index (Phi) is 7.44. The summed E-state index contributed by atoms with van der Waals surface area (Å²) < 4.78 is 17.7. The van der Waals surface area contributed by atoms with Crippen LogP contribution in [-0.2, 0) is 28.6 Å². The van der Waals surface area contributed by atoms with Gasteiger partial charge in [0.15, 0.2) is 0 Å². The molecule has 0 bridgehead atoms. The smallest absolute Gasteiger partial charge is 0.311 e. The van der Waals surface area contributed by atoms with Gasteiger partial charge in [-0.05, 0) is 24.5 Å². The Bertz CT molecular complexity index is 1040. The zero-order valence-electron chi connectivity index (χ0n) is 22.7. The molecule has 0 aromatic heterocycles. The van der Waals surface area contributed by atoms with Crippen LogP contribution in [0.4, 0.5) is 5.69 Å². The van der Waals surface area contributed by atoms with Gasteiger partial charge in [-0.25, -0.2) is 0 Å². The molecule has 38 heavy (non-hydrogen) atoms. The van der Waals surface area contributed by atoms with E-state index in [4.69, 9.17) is 14.2 Å². The topological polar surface area (TPSA) is 106 Å². The monoisotopic (exact) mass is 528 g/mol. The molecule has 0 unspecified atom stereocenters. The third-order valence-corrected chi connectivity index (χ3v) is 9.50. The number of aliphatic hydroxyl groups excluding tert-OH is 1. The molecule has 0 amide bonds. The maximum atomic E-state index is 13.3. The van der Waals surface area contributed by atoms with Gasteiger partial charge in [-0.15, -0.1) is 0 Å². The maximum Gasteiger partial charge on any atom is 0.311 e. The summed E-state index contributed by atoms with van der Waals surface area (Å²) >= 11 is 0. The molecule has 2 saturated heterocycles. The Morgan fingerprint density at radius 1 is 1.05 bits per heavy atom. The zero-order chi connectivity index (χ0) is 27.2. The summed E-state index contributed by atoms with van der Waals surface area (Å²) in [7, 11) is 0. The van der Waals surface area contributed by atoms with Crippen LogP contribution < -0.4 is 4.90 Å². The van der Waals surface area contributed by atoms with E-state index in [9.17, 15) is 19.5 Å². The molecule has 2 aliphatic heterocycles. The number of ether oxygens (including phenoxy) is 3. The second-order valence-corrected chi connectivity index (χ2v) is 11.8. The number of rotatable bonds is 5. The van der Waals surface area contributed by atoms with Crippen molar-refractivity contribution in [1.82, 2.24) is 4.90 Å². The lowest BCUT2D eigenvalue weighted by molar-refractivity contribution is -0.174. The summed E-state index contributed by atoms with van der Waals surface area (Å²) in [5, 5.41) is 11.4. The highest BCUT2D eigenvalue weighted by Crippen LogP contribution is 2.59. The fourth-order valence-corrected chi connectivity index (χ4v) is 7.89. The number of hydrogen-bond donors (Lipinski definition) is 1. The van der Waals surface area contributed by atoms with Crippen molar-refractivity contribution in [2.75, 3.05) is 37.6 Å². The van der Waals surface area contributed by atoms with E-state index in [0.717, 1.165) is 26.2 Å². The second-order valence-electron chi connectivity index (χ2n) is 11.8. The first-order chi connectivity index (χ1) is 18.1. The average Bonchev–Trinajstić information content (AvgIpc) is 3.26. The summed E-state index contributed by atoms with van der Waals surface area (Å²) in [5.41, 5.74) is 0.305. The van der Waals surface area contributed by atoms with Gasteiger partial charge in [0.05, 0.1) is 12.0 Å². The van der Waals surface area contributed by atoms with Gasteiger partial charge in [0.25, 0.3) is 0 Å². The molecule has 1 N–H and O–H groups in total. The first-order valence-corrected chi connectivity index (χ1v) is 13.8. The van der Waals surface area contributed by atoms with Crippen LogP contribution in [0.2, 0.25) is 0 Å². The molecule has 1 aromatic carbocycles. The summed E-state index contributed by atoms with van der Waals surface area (Å²) in [6.45, 7) is 10.5. The first-order valence-electron chi connectivity index (χ1n) is 13.8. The molecule has 9 nitrogen and oxygen atoms in total. The molecule has 4 fully saturated rings. The predicted molar refractivity (Wildman–Crippen MR) is 139 cm³/mol. The maximum absolute atomic E-state index is 13.3. The van der Waals surface area contributed by atoms with Crippen LogP contribution >= 0.6 is 0 Å². The normalized spacial score (nSPS) is 39.1. The van der Waals surface area contributed by atoms with Crippen molar-refractivity contribution < 1.29 is 33.7 Å². The third-order valence-electron chi connectivity index (χ3n) is 9.50. The van der Waals surface area contributed by atoms with Gasteiger partial charge >= 0.3 is 17.9 Å². The van der Waals surface area contributed by atoms with Crippen LogP contribution in [0.15, 0.2) is 30.3 Å². The predicted octanol–water partition coefficient (Wildman–Crippen LogP) is 2.26. The van der Waals surface area contributed by atoms with Crippen molar-refractivity contribution in [1.29, 1.82) is 0 Å². The van der Waals surface area contributed by atoms with E-state index < -0.39 is 47.7 Å². The minimum Gasteiger partial charge on any atom is -0.462 e. The number of para-hydroxylation sites is 1. The number of hydrogen-bond acceptors (Lipinski definition) is 9. The average molecular weight is 529 g/mol. The molecular formula is C29H40N2O7. The molecule has 4 aliphatic rings. The van der Waals surface area contributed by atoms with E-state index in [2.05, 4.69) is 28.9 Å². The number of fused-ring (bicyclic) bond motifs is 2. The van der Waals surface area contributed by atoms with Crippen molar-refractivity contribution in [2.45, 2.75) is 65.0 Å². The van der Waals surface area contributed by atoms with Gasteiger partial charge < -0.3 is 24.2 Å². The molecule has 2 aliphatic carbocycles. The molecule has 0 spiro atoms. The van der Waals surface area contributed by atoms with Crippen LogP contribution in [0, 0.1) is 29.1 Å². The number of benzene rings is 1. The van der Waals surface area contributed by atoms with E-state index in [1.807, 2.05) is 25.1 Å². The van der Waals surface area contributed by atoms with Gasteiger partial charge in [-0.1, -0.05) is 32.0 Å². The number of esters is 3. The molecule has 0 radical (unpaired) electrons. The second kappa shape index (κ2) is 10.5. The van der Waals surface area contributed by atoms with Crippen LogP contribution in [0.3, 0.4) is 0 Å². The fraction of sp³-hybridized carbons (Fsp3) is 0.690. The highest BCUT2D eigenvalue weighted by atomic mass is 16.6. The van der Waals surface area contributed by atoms with Crippen molar-refractivity contribution in [2.24, 2.45) is 29.1 Å². The van der Waals surface area contributed by atoms with Crippen LogP contribution in [0.1, 0.15) is 40.5 Å². The molecule has 2 heterocycles. The molecule has 9 heteroatoms. The van der Waals surface area contributed by atoms with Gasteiger partial charge in [-0.3, -0.25) is 19.3 Å². The standard InChI is InChI=1S/C29H40N2O7/c1-17-14-22-25(27(37-19(3)33)29(4)24(34)15-23(26(17)29)36-18(2)32)21(28(35)38-22)16-30-10-12-31(13-11-30)20-8-6-5-7-9-20/h5-9,17,21-27,34H,10-16H2,1-4H3/t17-,21-,22+,23+,24+,25-,26-,27+,29-/m1/s1. The van der Waals surface area contributed by atoms with Crippen molar-refractivity contribution in [3.63, 3.8) is 0 Å². The molecule has 208 valence electrons. The number of piperazine rings is 1. The number of anilines is 1. The first kappa shape index (κ1) is 26.9. The fourth-order valence-electron chi connectivity index (χ4n) is 7.89. The van der Waals surface area contributed by atoms with Gasteiger partial charge in [0.2, 0.25) is 0 Å². The van der Waals surface area contributed by atoms with Crippen molar-refractivity contribution in [3.05, 3.63) is 30.3 Å². The van der Waals surface area contributed by atoms with E-state index in [1.165, 1.54) is 19.5 Å². The van der Waals surface area contributed by atoms with Crippen LogP contribution in [-0.4, -0.2) is 85.1 Å². The SMILES string of the molecule is CC(=O)O[C@H]1C[C@H](O)[C@]2(C)[C@@H]1[C@H](C)C[C@@H]1OC(=O)[C@H](CN3CCN(c4ccccc4)CC3)[C@H]1[C@@H]2OC(C)=O. The molecule has 5 rings (SSSR count). The summed E-state index contributed by atoms with van der Waals surface area (Å²) in [6, 6.07) is 10.3. The number of carbonyl (C=O) groups is 3. The quantitative estimate of drug-likeness (QED) is 0.455. The zero-order valence-corrected chi connectivity index (χ0v) is 22.7. The van der Waals surface area contributed by atoms with Crippen LogP contribution in [0.5, 0.6) is 0 Å². The summed E-state index contributed by atoms with van der Waals surface area (Å²) in [6.07, 6.45) is -1.66. The lowest BCUT2D eigenvalue weighted by atomic mass is 9.66. The Morgan fingerprint density at radius 2 is 1.71 bits per heavy atom. The van der Waals surface area contributed by atoms with E-state index in [1.54, 1.807) is 0 Å². The van der Waals surface area contributed by atoms with Gasteiger partial charge in [0.1, 0.15) is 18.3 Å². The third kappa shape index (κ3) is 4.79. The largest absolute Gasteiger partial charge is 0.462 e. The molecular weight excluding hydrogens is 488 g/mol. The number of nitrogens with zero attached hydrogens (tertiary/aromatic N) is 2. The Hall–Kier alpha value is -2.65. The van der Waals surface area contributed by atoms with Crippen LogP contribution in [0.25, 0.3) is 0 Å². The Labute approximate surface area is 224 Å². The van der Waals surface area contributed by atoms with Crippen molar-refractivity contribution in [3.8, 4) is 0 Å². The molecule has 2 saturated carbocycles. The lowest BCUT2D eigenvalue weighted by Crippen LogP contribution is -2.54. The van der Waals surface area contributed by atoms with Crippen molar-refractivity contribution >= 4 is 23.6 Å².